The maximum absolute atomic E-state index is 13.1. The van der Waals surface area contributed by atoms with Gasteiger partial charge < -0.3 is 10.1 Å². The molecule has 7 nitrogen and oxygen atoms in total. The molecule has 1 aliphatic rings. The van der Waals surface area contributed by atoms with E-state index in [4.69, 9.17) is 74.3 Å². The molecule has 0 saturated carbocycles. The van der Waals surface area contributed by atoms with E-state index in [2.05, 4.69) is 5.32 Å². The second-order valence-corrected chi connectivity index (χ2v) is 9.78. The van der Waals surface area contributed by atoms with Crippen LogP contribution in [0.15, 0.2) is 18.2 Å². The summed E-state index contributed by atoms with van der Waals surface area (Å²) in [6, 6.07) is 3.10. The average Bonchev–Trinajstić information content (AvgIpc) is 3.07. The zero-order chi connectivity index (χ0) is 26.0. The Morgan fingerprint density at radius 3 is 2.03 bits per heavy atom. The lowest BCUT2D eigenvalue weighted by atomic mass is 10.1. The Morgan fingerprint density at radius 1 is 0.943 bits per heavy atom. The first-order valence-corrected chi connectivity index (χ1v) is 12.4. The molecule has 1 heterocycles. The van der Waals surface area contributed by atoms with Crippen molar-refractivity contribution in [3.63, 3.8) is 0 Å². The highest BCUT2D eigenvalue weighted by Gasteiger charge is 2.47. The smallest absolute Gasteiger partial charge is 0.329 e. The van der Waals surface area contributed by atoms with Gasteiger partial charge in [-0.15, -0.1) is 0 Å². The van der Waals surface area contributed by atoms with Gasteiger partial charge >= 0.3 is 5.97 Å². The van der Waals surface area contributed by atoms with Crippen LogP contribution in [0.2, 0.25) is 30.1 Å². The van der Waals surface area contributed by atoms with E-state index in [1.807, 2.05) is 6.92 Å². The second-order valence-electron chi connectivity index (χ2n) is 7.42. The van der Waals surface area contributed by atoms with E-state index < -0.39 is 36.3 Å². The van der Waals surface area contributed by atoms with Crippen LogP contribution in [0.25, 0.3) is 0 Å². The minimum absolute atomic E-state index is 0.0855. The average molecular weight is 601 g/mol. The number of esters is 1. The SMILES string of the molecule is CCCC[C@H](C(=O)OCC(=O)Nc1ccc(Cl)cc1Cl)N1C(=O)c2c(Cl)c(Cl)c(Cl)c(Cl)c2C1=O. The Labute approximate surface area is 230 Å². The Kier molecular flexibility index (Phi) is 9.18. The summed E-state index contributed by atoms with van der Waals surface area (Å²) in [5, 5.41) is 2.17. The summed E-state index contributed by atoms with van der Waals surface area (Å²) in [5.74, 6) is -3.39. The van der Waals surface area contributed by atoms with E-state index in [1.165, 1.54) is 18.2 Å². The van der Waals surface area contributed by atoms with Gasteiger partial charge in [0.2, 0.25) is 0 Å². The molecule has 2 aromatic carbocycles. The molecule has 0 unspecified atom stereocenters. The van der Waals surface area contributed by atoms with Crippen molar-refractivity contribution < 1.29 is 23.9 Å². The highest BCUT2D eigenvalue weighted by Crippen LogP contribution is 2.45. The highest BCUT2D eigenvalue weighted by molar-refractivity contribution is 6.55. The lowest BCUT2D eigenvalue weighted by Crippen LogP contribution is -2.46. The predicted octanol–water partition coefficient (Wildman–Crippen LogP) is 6.94. The number of hydrogen-bond donors (Lipinski definition) is 1. The van der Waals surface area contributed by atoms with Gasteiger partial charge in [0.25, 0.3) is 17.7 Å². The van der Waals surface area contributed by atoms with Crippen LogP contribution in [0.5, 0.6) is 0 Å². The first-order valence-electron chi connectivity index (χ1n) is 10.1. The number of unbranched alkanes of at least 4 members (excludes halogenated alkanes) is 1. The maximum atomic E-state index is 13.1. The summed E-state index contributed by atoms with van der Waals surface area (Å²) >= 11 is 36.3. The maximum Gasteiger partial charge on any atom is 0.329 e. The van der Waals surface area contributed by atoms with Gasteiger partial charge in [0, 0.05) is 5.02 Å². The fraction of sp³-hybridized carbons (Fsp3) is 0.273. The van der Waals surface area contributed by atoms with Crippen molar-refractivity contribution in [1.82, 2.24) is 4.90 Å². The molecule has 0 bridgehead atoms. The van der Waals surface area contributed by atoms with Crippen LogP contribution in [-0.2, 0) is 14.3 Å². The van der Waals surface area contributed by atoms with Crippen molar-refractivity contribution in [3.05, 3.63) is 59.5 Å². The fourth-order valence-electron chi connectivity index (χ4n) is 3.41. The Hall–Kier alpha value is -1.74. The summed E-state index contributed by atoms with van der Waals surface area (Å²) in [6.45, 7) is 1.17. The number of carbonyl (C=O) groups excluding carboxylic acids is 4. The van der Waals surface area contributed by atoms with E-state index in [9.17, 15) is 19.2 Å². The molecule has 2 aromatic rings. The summed E-state index contributed by atoms with van der Waals surface area (Å²) in [5.41, 5.74) is -0.237. The van der Waals surface area contributed by atoms with Gasteiger partial charge in [-0.25, -0.2) is 4.79 Å². The van der Waals surface area contributed by atoms with Gasteiger partial charge in [-0.05, 0) is 24.6 Å². The zero-order valence-electron chi connectivity index (χ0n) is 17.9. The number of nitrogens with zero attached hydrogens (tertiary/aromatic N) is 1. The van der Waals surface area contributed by atoms with E-state index in [-0.39, 0.29) is 48.3 Å². The molecule has 0 aromatic heterocycles. The molecule has 3 amide bonds. The number of halogens is 6. The third-order valence-electron chi connectivity index (χ3n) is 5.10. The summed E-state index contributed by atoms with van der Waals surface area (Å²) < 4.78 is 5.13. The van der Waals surface area contributed by atoms with Gasteiger partial charge in [-0.2, -0.15) is 0 Å². The molecule has 1 aliphatic heterocycles. The Balaban J connectivity index is 1.81. The van der Waals surface area contributed by atoms with Crippen molar-refractivity contribution in [2.45, 2.75) is 32.2 Å². The van der Waals surface area contributed by atoms with Gasteiger partial charge in [-0.1, -0.05) is 89.4 Å². The monoisotopic (exact) mass is 598 g/mol. The topological polar surface area (TPSA) is 92.8 Å². The summed E-state index contributed by atoms with van der Waals surface area (Å²) in [4.78, 5) is 52.2. The van der Waals surface area contributed by atoms with Crippen LogP contribution in [0.1, 0.15) is 46.9 Å². The minimum atomic E-state index is -1.33. The van der Waals surface area contributed by atoms with E-state index in [0.717, 1.165) is 0 Å². The molecule has 0 fully saturated rings. The number of ether oxygens (including phenoxy) is 1. The van der Waals surface area contributed by atoms with Crippen LogP contribution in [0, 0.1) is 0 Å². The molecule has 1 N–H and O–H groups in total. The van der Waals surface area contributed by atoms with Crippen LogP contribution in [-0.4, -0.2) is 41.2 Å². The van der Waals surface area contributed by atoms with E-state index in [0.29, 0.717) is 22.8 Å². The van der Waals surface area contributed by atoms with Crippen LogP contribution >= 0.6 is 69.6 Å². The third-order valence-corrected chi connectivity index (χ3v) is 7.45. The molecule has 0 spiro atoms. The summed E-state index contributed by atoms with van der Waals surface area (Å²) in [6.07, 6.45) is 1.21. The molecule has 3 rings (SSSR count). The number of fused-ring (bicyclic) bond motifs is 1. The van der Waals surface area contributed by atoms with Crippen molar-refractivity contribution >= 4 is 99.0 Å². The first kappa shape index (κ1) is 27.8. The number of imide groups is 1. The fourth-order valence-corrected chi connectivity index (χ4v) is 4.88. The highest BCUT2D eigenvalue weighted by atomic mass is 35.5. The number of hydrogen-bond acceptors (Lipinski definition) is 5. The normalized spacial score (nSPS) is 13.6. The van der Waals surface area contributed by atoms with Crippen molar-refractivity contribution in [3.8, 4) is 0 Å². The molecule has 186 valence electrons. The van der Waals surface area contributed by atoms with E-state index >= 15 is 0 Å². The standard InChI is InChI=1S/C22H16Cl6N2O5/c1-2-3-4-12(22(34)35-8-13(31)29-11-6-5-9(23)7-10(11)24)30-20(32)14-15(21(30)33)17(26)19(28)18(27)16(14)25/h5-7,12H,2-4,8H2,1H3,(H,29,31)/t12-/m1/s1. The second kappa shape index (κ2) is 11.5. The van der Waals surface area contributed by atoms with Gasteiger partial charge in [0.15, 0.2) is 6.61 Å². The number of rotatable bonds is 8. The molecule has 1 atom stereocenters. The van der Waals surface area contributed by atoms with E-state index in [1.54, 1.807) is 0 Å². The molecule has 35 heavy (non-hydrogen) atoms. The lowest BCUT2D eigenvalue weighted by molar-refractivity contribution is -0.151. The van der Waals surface area contributed by atoms with Crippen LogP contribution in [0.3, 0.4) is 0 Å². The molecular formula is C22H16Cl6N2O5. The predicted molar refractivity (Wildman–Crippen MR) is 136 cm³/mol. The Bertz CT molecular complexity index is 1190. The van der Waals surface area contributed by atoms with Gasteiger partial charge in [0.05, 0.1) is 41.9 Å². The number of benzene rings is 2. The largest absolute Gasteiger partial charge is 0.454 e. The quantitative estimate of drug-likeness (QED) is 0.153. The molecule has 13 heteroatoms. The van der Waals surface area contributed by atoms with Crippen LogP contribution < -0.4 is 5.32 Å². The third kappa shape index (κ3) is 5.66. The number of nitrogens with one attached hydrogen (secondary N) is 1. The number of amides is 3. The van der Waals surface area contributed by atoms with Crippen molar-refractivity contribution in [2.24, 2.45) is 0 Å². The van der Waals surface area contributed by atoms with Gasteiger partial charge in [0.1, 0.15) is 6.04 Å². The van der Waals surface area contributed by atoms with Crippen LogP contribution in [0.4, 0.5) is 5.69 Å². The summed E-state index contributed by atoms with van der Waals surface area (Å²) in [7, 11) is 0. The minimum Gasteiger partial charge on any atom is -0.454 e. The van der Waals surface area contributed by atoms with Crippen molar-refractivity contribution in [1.29, 1.82) is 0 Å². The molecule has 0 aliphatic carbocycles. The van der Waals surface area contributed by atoms with Crippen molar-refractivity contribution in [2.75, 3.05) is 11.9 Å². The van der Waals surface area contributed by atoms with Gasteiger partial charge in [-0.3, -0.25) is 19.3 Å². The Morgan fingerprint density at radius 2 is 1.51 bits per heavy atom. The first-order chi connectivity index (χ1) is 16.5. The lowest BCUT2D eigenvalue weighted by Gasteiger charge is -2.24. The zero-order valence-corrected chi connectivity index (χ0v) is 22.4. The molecule has 0 saturated heterocycles. The number of anilines is 1. The number of carbonyl (C=O) groups is 4. The molecule has 0 radical (unpaired) electrons. The molecular weight excluding hydrogens is 585 g/mol.